The maximum Gasteiger partial charge on any atom is 0.266 e. The summed E-state index contributed by atoms with van der Waals surface area (Å²) in [6.45, 7) is 2.02. The molecule has 0 unspecified atom stereocenters. The van der Waals surface area contributed by atoms with E-state index < -0.39 is 0 Å². The van der Waals surface area contributed by atoms with Crippen LogP contribution in [0.3, 0.4) is 0 Å². The molecule has 5 rings (SSSR count). The van der Waals surface area contributed by atoms with Crippen molar-refractivity contribution in [3.8, 4) is 22.7 Å². The molecule has 1 saturated heterocycles. The van der Waals surface area contributed by atoms with Gasteiger partial charge in [0.2, 0.25) is 0 Å². The van der Waals surface area contributed by atoms with Gasteiger partial charge in [-0.3, -0.25) is 9.69 Å². The molecule has 34 heavy (non-hydrogen) atoms. The summed E-state index contributed by atoms with van der Waals surface area (Å²) in [5.74, 6) is 0.854. The van der Waals surface area contributed by atoms with Crippen LogP contribution in [0, 0.1) is 6.92 Å². The van der Waals surface area contributed by atoms with Crippen LogP contribution < -0.4 is 4.74 Å². The van der Waals surface area contributed by atoms with Crippen molar-refractivity contribution < 1.29 is 9.53 Å². The molecule has 7 heteroatoms. The first kappa shape index (κ1) is 22.9. The third-order valence-electron chi connectivity index (χ3n) is 6.48. The number of carbonyl (C=O) groups is 1. The molecule has 1 amide bonds. The van der Waals surface area contributed by atoms with Crippen LogP contribution in [0.5, 0.6) is 5.75 Å². The minimum atomic E-state index is 0.0197. The molecule has 1 aliphatic carbocycles. The molecule has 0 bridgehead atoms. The molecule has 0 radical (unpaired) electrons. The number of para-hydroxylation sites is 1. The molecular formula is C27H27N3O2S2. The minimum absolute atomic E-state index is 0.0197. The lowest BCUT2D eigenvalue weighted by atomic mass is 9.94. The fraction of sp³-hybridized carbons (Fsp3) is 0.296. The predicted octanol–water partition coefficient (Wildman–Crippen LogP) is 6.39. The number of methoxy groups -OCH3 is 1. The molecular weight excluding hydrogens is 462 g/mol. The number of thioether (sulfide) groups is 1. The molecule has 3 aromatic rings. The number of ether oxygens (including phenoxy) is 1. The van der Waals surface area contributed by atoms with Crippen LogP contribution in [0.4, 0.5) is 0 Å². The highest BCUT2D eigenvalue weighted by Gasteiger charge is 2.37. The van der Waals surface area contributed by atoms with Crippen molar-refractivity contribution in [2.75, 3.05) is 7.11 Å². The number of thiocarbonyl (C=S) groups is 1. The number of nitrogens with zero attached hydrogens (tertiary/aromatic N) is 3. The van der Waals surface area contributed by atoms with Crippen molar-refractivity contribution in [2.45, 2.75) is 45.1 Å². The number of carbonyl (C=O) groups excluding carboxylic acids is 1. The summed E-state index contributed by atoms with van der Waals surface area (Å²) in [6.07, 6.45) is 9.55. The van der Waals surface area contributed by atoms with Gasteiger partial charge < -0.3 is 4.74 Å². The molecule has 1 aromatic heterocycles. The number of aromatic nitrogens is 2. The zero-order valence-electron chi connectivity index (χ0n) is 19.4. The van der Waals surface area contributed by atoms with Crippen LogP contribution in [-0.4, -0.2) is 38.1 Å². The van der Waals surface area contributed by atoms with Crippen LogP contribution in [0.25, 0.3) is 23.0 Å². The molecule has 174 valence electrons. The van der Waals surface area contributed by atoms with Gasteiger partial charge in [-0.15, -0.1) is 0 Å². The number of rotatable bonds is 5. The fourth-order valence-corrected chi connectivity index (χ4v) is 6.12. The average molecular weight is 490 g/mol. The number of aryl methyl sites for hydroxylation is 1. The Morgan fingerprint density at radius 2 is 1.88 bits per heavy atom. The lowest BCUT2D eigenvalue weighted by Crippen LogP contribution is -2.39. The highest BCUT2D eigenvalue weighted by Crippen LogP contribution is 2.38. The first-order valence-electron chi connectivity index (χ1n) is 11.6. The molecule has 2 aromatic carbocycles. The highest BCUT2D eigenvalue weighted by atomic mass is 32.2. The Bertz CT molecular complexity index is 1260. The van der Waals surface area contributed by atoms with Gasteiger partial charge in [0.1, 0.15) is 15.8 Å². The van der Waals surface area contributed by atoms with Gasteiger partial charge in [0, 0.05) is 23.4 Å². The van der Waals surface area contributed by atoms with Crippen molar-refractivity contribution in [2.24, 2.45) is 0 Å². The van der Waals surface area contributed by atoms with Gasteiger partial charge in [-0.05, 0) is 61.7 Å². The Labute approximate surface area is 209 Å². The zero-order valence-corrected chi connectivity index (χ0v) is 21.0. The van der Waals surface area contributed by atoms with Gasteiger partial charge in [0.25, 0.3) is 5.91 Å². The molecule has 0 atom stereocenters. The largest absolute Gasteiger partial charge is 0.496 e. The van der Waals surface area contributed by atoms with Gasteiger partial charge in [-0.1, -0.05) is 61.4 Å². The first-order chi connectivity index (χ1) is 16.5. The van der Waals surface area contributed by atoms with Crippen molar-refractivity contribution in [1.82, 2.24) is 14.7 Å². The van der Waals surface area contributed by atoms with Crippen LogP contribution in [0.2, 0.25) is 0 Å². The average Bonchev–Trinajstić information content (AvgIpc) is 3.40. The molecule has 2 fully saturated rings. The van der Waals surface area contributed by atoms with Crippen LogP contribution >= 0.6 is 24.0 Å². The van der Waals surface area contributed by atoms with E-state index in [1.807, 2.05) is 71.2 Å². The van der Waals surface area contributed by atoms with Gasteiger partial charge in [-0.25, -0.2) is 4.68 Å². The summed E-state index contributed by atoms with van der Waals surface area (Å²) >= 11 is 7.04. The third-order valence-corrected chi connectivity index (χ3v) is 7.81. The Hall–Kier alpha value is -2.90. The van der Waals surface area contributed by atoms with E-state index in [4.69, 9.17) is 22.1 Å². The second-order valence-corrected chi connectivity index (χ2v) is 10.4. The Balaban J connectivity index is 1.55. The number of amides is 1. The normalized spacial score (nSPS) is 18.2. The first-order valence-corrected chi connectivity index (χ1v) is 12.8. The maximum absolute atomic E-state index is 13.4. The van der Waals surface area contributed by atoms with E-state index in [1.165, 1.54) is 18.2 Å². The Morgan fingerprint density at radius 3 is 2.59 bits per heavy atom. The Kier molecular flexibility index (Phi) is 6.57. The number of hydrogen-bond donors (Lipinski definition) is 0. The van der Waals surface area contributed by atoms with E-state index in [1.54, 1.807) is 7.11 Å². The van der Waals surface area contributed by atoms with Crippen LogP contribution in [0.15, 0.2) is 59.6 Å². The lowest BCUT2D eigenvalue weighted by Gasteiger charge is -2.29. The van der Waals surface area contributed by atoms with E-state index >= 15 is 0 Å². The van der Waals surface area contributed by atoms with E-state index in [2.05, 4.69) is 6.07 Å². The molecule has 1 saturated carbocycles. The zero-order chi connectivity index (χ0) is 23.7. The third kappa shape index (κ3) is 4.42. The van der Waals surface area contributed by atoms with Crippen molar-refractivity contribution in [1.29, 1.82) is 0 Å². The van der Waals surface area contributed by atoms with E-state index in [0.717, 1.165) is 59.5 Å². The van der Waals surface area contributed by atoms with Crippen molar-refractivity contribution in [3.05, 3.63) is 70.8 Å². The summed E-state index contributed by atoms with van der Waals surface area (Å²) in [4.78, 5) is 15.9. The molecule has 1 aliphatic heterocycles. The monoisotopic (exact) mass is 489 g/mol. The summed E-state index contributed by atoms with van der Waals surface area (Å²) < 4.78 is 7.97. The highest BCUT2D eigenvalue weighted by molar-refractivity contribution is 8.26. The van der Waals surface area contributed by atoms with Crippen LogP contribution in [-0.2, 0) is 4.79 Å². The molecule has 2 aliphatic rings. The summed E-state index contributed by atoms with van der Waals surface area (Å²) in [6, 6.07) is 16.3. The second kappa shape index (κ2) is 9.76. The summed E-state index contributed by atoms with van der Waals surface area (Å²) in [7, 11) is 1.67. The van der Waals surface area contributed by atoms with Gasteiger partial charge >= 0.3 is 0 Å². The summed E-state index contributed by atoms with van der Waals surface area (Å²) in [5.41, 5.74) is 4.67. The van der Waals surface area contributed by atoms with E-state index in [9.17, 15) is 4.79 Å². The predicted molar refractivity (Wildman–Crippen MR) is 142 cm³/mol. The molecule has 0 spiro atoms. The Morgan fingerprint density at radius 1 is 1.12 bits per heavy atom. The second-order valence-electron chi connectivity index (χ2n) is 8.74. The van der Waals surface area contributed by atoms with Crippen LogP contribution in [0.1, 0.15) is 43.2 Å². The topological polar surface area (TPSA) is 47.4 Å². The van der Waals surface area contributed by atoms with Gasteiger partial charge in [0.05, 0.1) is 17.7 Å². The smallest absolute Gasteiger partial charge is 0.266 e. The van der Waals surface area contributed by atoms with Crippen molar-refractivity contribution in [3.63, 3.8) is 0 Å². The fourth-order valence-electron chi connectivity index (χ4n) is 4.73. The van der Waals surface area contributed by atoms with Gasteiger partial charge in [-0.2, -0.15) is 5.10 Å². The quantitative estimate of drug-likeness (QED) is 0.307. The van der Waals surface area contributed by atoms with Gasteiger partial charge in [0.15, 0.2) is 0 Å². The number of hydrogen-bond acceptors (Lipinski definition) is 5. The minimum Gasteiger partial charge on any atom is -0.496 e. The number of benzene rings is 2. The maximum atomic E-state index is 13.4. The molecule has 0 N–H and O–H groups in total. The standard InChI is InChI=1S/C27H27N3O2S2/c1-18-15-19(13-14-23(18)32-2)25-20(17-29(28-25)21-9-5-3-6-10-21)16-24-26(31)30(27(33)34-24)22-11-7-4-8-12-22/h3,5-6,9-10,13-17,22H,4,7-8,11-12H2,1-2H3/b24-16+. The lowest BCUT2D eigenvalue weighted by molar-refractivity contribution is -0.124. The summed E-state index contributed by atoms with van der Waals surface area (Å²) in [5, 5.41) is 4.91. The van der Waals surface area contributed by atoms with E-state index in [0.29, 0.717) is 9.23 Å². The molecule has 2 heterocycles. The SMILES string of the molecule is COc1ccc(-c2nn(-c3ccccc3)cc2/C=C2/SC(=S)N(C3CCCCC3)C2=O)cc1C. The molecule has 5 nitrogen and oxygen atoms in total. The van der Waals surface area contributed by atoms with Crippen molar-refractivity contribution >= 4 is 40.3 Å². The van der Waals surface area contributed by atoms with E-state index in [-0.39, 0.29) is 11.9 Å².